The summed E-state index contributed by atoms with van der Waals surface area (Å²) in [6.07, 6.45) is -3.25. The molecule has 0 aliphatic carbocycles. The van der Waals surface area contributed by atoms with Crippen LogP contribution in [0.1, 0.15) is 25.0 Å². The molecule has 3 heterocycles. The monoisotopic (exact) mass is 413 g/mol. The van der Waals surface area contributed by atoms with Gasteiger partial charge in [0.25, 0.3) is 0 Å². The lowest BCUT2D eigenvalue weighted by molar-refractivity contribution is -0.0688. The first-order chi connectivity index (χ1) is 13.2. The van der Waals surface area contributed by atoms with Crippen molar-refractivity contribution in [2.75, 3.05) is 12.4 Å². The van der Waals surface area contributed by atoms with E-state index in [0.717, 1.165) is 12.8 Å². The number of hydrogen-bond acceptors (Lipinski definition) is 3. The van der Waals surface area contributed by atoms with E-state index in [0.29, 0.717) is 23.5 Å². The maximum absolute atomic E-state index is 15.0. The summed E-state index contributed by atoms with van der Waals surface area (Å²) in [6.45, 7) is 3.15. The summed E-state index contributed by atoms with van der Waals surface area (Å²) in [5.41, 5.74) is -0.814. The molecule has 2 aliphatic rings. The van der Waals surface area contributed by atoms with Crippen LogP contribution in [0.5, 0.6) is 0 Å². The van der Waals surface area contributed by atoms with Crippen LogP contribution in [0.4, 0.5) is 23.2 Å². The Bertz CT molecular complexity index is 930. The standard InChI is InChI=1S/C20H20ClF4N3/c1-10(20(23,24)25)19-12-4-3-5-14(13(12)9-17(21)27-19)26-15-8-11-6-7-16(18(15)22)28(11)2/h3-5,9,11,15-16,18,26H,1,6-8H2,2H3/t11-,15-,16+,18-/m1/s1. The van der Waals surface area contributed by atoms with E-state index in [9.17, 15) is 13.2 Å². The van der Waals surface area contributed by atoms with Crippen molar-refractivity contribution in [1.82, 2.24) is 9.88 Å². The molecule has 150 valence electrons. The van der Waals surface area contributed by atoms with Gasteiger partial charge in [-0.1, -0.05) is 30.3 Å². The number of piperidine rings is 1. The van der Waals surface area contributed by atoms with Crippen molar-refractivity contribution in [1.29, 1.82) is 0 Å². The third-order valence-corrected chi connectivity index (χ3v) is 6.18. The highest BCUT2D eigenvalue weighted by atomic mass is 35.5. The number of nitrogens with zero attached hydrogens (tertiary/aromatic N) is 2. The lowest BCUT2D eigenvalue weighted by Gasteiger charge is -2.39. The fraction of sp³-hybridized carbons (Fsp3) is 0.450. The van der Waals surface area contributed by atoms with Crippen LogP contribution in [0, 0.1) is 0 Å². The number of rotatable bonds is 3. The lowest BCUT2D eigenvalue weighted by Crippen LogP contribution is -2.53. The molecule has 0 spiro atoms. The highest BCUT2D eigenvalue weighted by molar-refractivity contribution is 6.30. The van der Waals surface area contributed by atoms with Crippen LogP contribution in [0.2, 0.25) is 5.15 Å². The Morgan fingerprint density at radius 3 is 2.75 bits per heavy atom. The molecular weight excluding hydrogens is 394 g/mol. The van der Waals surface area contributed by atoms with Crippen molar-refractivity contribution < 1.29 is 17.6 Å². The molecule has 2 fully saturated rings. The van der Waals surface area contributed by atoms with Crippen LogP contribution in [0.15, 0.2) is 30.8 Å². The second kappa shape index (κ2) is 6.88. The van der Waals surface area contributed by atoms with Gasteiger partial charge in [0.05, 0.1) is 17.3 Å². The van der Waals surface area contributed by atoms with Gasteiger partial charge in [-0.05, 0) is 38.4 Å². The summed E-state index contributed by atoms with van der Waals surface area (Å²) in [6, 6.07) is 6.19. The first-order valence-corrected chi connectivity index (χ1v) is 9.53. The Labute approximate surface area is 165 Å². The average molecular weight is 414 g/mol. The number of aromatic nitrogens is 1. The van der Waals surface area contributed by atoms with E-state index in [2.05, 4.69) is 21.8 Å². The Balaban J connectivity index is 1.73. The Kier molecular flexibility index (Phi) is 4.78. The molecule has 4 atom stereocenters. The smallest absolute Gasteiger partial charge is 0.379 e. The maximum Gasteiger partial charge on any atom is 0.417 e. The molecule has 3 nitrogen and oxygen atoms in total. The van der Waals surface area contributed by atoms with Gasteiger partial charge in [0.1, 0.15) is 11.3 Å². The van der Waals surface area contributed by atoms with Gasteiger partial charge in [0.2, 0.25) is 0 Å². The van der Waals surface area contributed by atoms with Crippen LogP contribution >= 0.6 is 11.6 Å². The molecule has 2 aromatic rings. The van der Waals surface area contributed by atoms with Crippen LogP contribution in [-0.2, 0) is 0 Å². The Hall–Kier alpha value is -1.86. The van der Waals surface area contributed by atoms with Crippen LogP contribution in [0.3, 0.4) is 0 Å². The quantitative estimate of drug-likeness (QED) is 0.535. The van der Waals surface area contributed by atoms with Gasteiger partial charge in [-0.25, -0.2) is 9.37 Å². The van der Waals surface area contributed by atoms with Crippen molar-refractivity contribution in [3.8, 4) is 0 Å². The van der Waals surface area contributed by atoms with Gasteiger partial charge in [-0.15, -0.1) is 0 Å². The predicted molar refractivity (Wildman–Crippen MR) is 103 cm³/mol. The fourth-order valence-corrected chi connectivity index (χ4v) is 4.67. The molecule has 0 saturated carbocycles. The highest BCUT2D eigenvalue weighted by Gasteiger charge is 2.46. The van der Waals surface area contributed by atoms with E-state index in [4.69, 9.17) is 11.6 Å². The second-order valence-corrected chi connectivity index (χ2v) is 7.95. The van der Waals surface area contributed by atoms with Gasteiger partial charge in [0, 0.05) is 28.5 Å². The van der Waals surface area contributed by atoms with E-state index in [-0.39, 0.29) is 22.3 Å². The molecule has 4 rings (SSSR count). The van der Waals surface area contributed by atoms with Gasteiger partial charge in [-0.2, -0.15) is 13.2 Å². The number of halogens is 5. The van der Waals surface area contributed by atoms with Crippen molar-refractivity contribution in [2.24, 2.45) is 0 Å². The summed E-state index contributed by atoms with van der Waals surface area (Å²) >= 11 is 6.01. The van der Waals surface area contributed by atoms with Gasteiger partial charge in [0.15, 0.2) is 0 Å². The molecule has 8 heteroatoms. The predicted octanol–water partition coefficient (Wildman–Crippen LogP) is 5.45. The molecule has 2 saturated heterocycles. The van der Waals surface area contributed by atoms with Crippen LogP contribution < -0.4 is 5.32 Å². The number of anilines is 1. The lowest BCUT2D eigenvalue weighted by atomic mass is 9.95. The summed E-state index contributed by atoms with van der Waals surface area (Å²) in [5.74, 6) is 0. The largest absolute Gasteiger partial charge is 0.417 e. The number of benzene rings is 1. The summed E-state index contributed by atoms with van der Waals surface area (Å²) < 4.78 is 54.6. The molecule has 1 N–H and O–H groups in total. The molecule has 0 radical (unpaired) electrons. The number of allylic oxidation sites excluding steroid dienone is 1. The summed E-state index contributed by atoms with van der Waals surface area (Å²) in [7, 11) is 1.95. The molecule has 0 unspecified atom stereocenters. The minimum atomic E-state index is -4.62. The summed E-state index contributed by atoms with van der Waals surface area (Å²) in [5, 5.41) is 3.91. The maximum atomic E-state index is 15.0. The van der Waals surface area contributed by atoms with E-state index in [1.54, 1.807) is 18.2 Å². The number of alkyl halides is 4. The Morgan fingerprint density at radius 1 is 1.29 bits per heavy atom. The van der Waals surface area contributed by atoms with Crippen molar-refractivity contribution in [3.05, 3.63) is 41.7 Å². The van der Waals surface area contributed by atoms with Gasteiger partial charge >= 0.3 is 6.18 Å². The fourth-order valence-electron chi connectivity index (χ4n) is 4.47. The minimum absolute atomic E-state index is 0.0672. The van der Waals surface area contributed by atoms with E-state index >= 15 is 4.39 Å². The summed E-state index contributed by atoms with van der Waals surface area (Å²) in [4.78, 5) is 5.95. The third kappa shape index (κ3) is 3.24. The topological polar surface area (TPSA) is 28.2 Å². The molecule has 1 aromatic carbocycles. The average Bonchev–Trinajstić information content (AvgIpc) is 2.90. The van der Waals surface area contributed by atoms with E-state index < -0.39 is 24.0 Å². The molecule has 28 heavy (non-hydrogen) atoms. The molecule has 1 aromatic heterocycles. The highest BCUT2D eigenvalue weighted by Crippen LogP contribution is 2.40. The molecule has 2 aliphatic heterocycles. The van der Waals surface area contributed by atoms with Gasteiger partial charge < -0.3 is 5.32 Å². The zero-order valence-corrected chi connectivity index (χ0v) is 16.0. The molecular formula is C20H20ClF4N3. The first kappa shape index (κ1) is 19.5. The van der Waals surface area contributed by atoms with E-state index in [1.807, 2.05) is 7.05 Å². The number of nitrogens with one attached hydrogen (secondary N) is 1. The number of fused-ring (bicyclic) bond motifs is 3. The first-order valence-electron chi connectivity index (χ1n) is 9.15. The Morgan fingerprint density at radius 2 is 2.04 bits per heavy atom. The van der Waals surface area contributed by atoms with Crippen molar-refractivity contribution in [2.45, 2.75) is 49.7 Å². The number of pyridine rings is 1. The van der Waals surface area contributed by atoms with Crippen molar-refractivity contribution in [3.63, 3.8) is 0 Å². The van der Waals surface area contributed by atoms with E-state index in [1.165, 1.54) is 6.07 Å². The molecule has 2 bridgehead atoms. The zero-order valence-electron chi connectivity index (χ0n) is 15.2. The second-order valence-electron chi connectivity index (χ2n) is 7.57. The zero-order chi connectivity index (χ0) is 20.2. The number of hydrogen-bond donors (Lipinski definition) is 1. The van der Waals surface area contributed by atoms with Crippen LogP contribution in [-0.4, -0.2) is 47.4 Å². The van der Waals surface area contributed by atoms with Crippen molar-refractivity contribution >= 4 is 33.6 Å². The SMILES string of the molecule is C=C(c1nc(Cl)cc2c(N[C@@H]3C[C@H]4CC[C@@H]([C@@H]3F)N4C)cccc12)C(F)(F)F. The third-order valence-electron chi connectivity index (χ3n) is 5.98. The van der Waals surface area contributed by atoms with Gasteiger partial charge in [-0.3, -0.25) is 4.90 Å². The van der Waals surface area contributed by atoms with Crippen LogP contribution in [0.25, 0.3) is 16.3 Å². The minimum Gasteiger partial charge on any atom is -0.379 e. The normalized spacial score (nSPS) is 27.9. The molecule has 0 amide bonds.